The van der Waals surface area contributed by atoms with Crippen LogP contribution in [0.5, 0.6) is 0 Å². The number of sulfonamides is 1. The van der Waals surface area contributed by atoms with E-state index in [4.69, 9.17) is 0 Å². The van der Waals surface area contributed by atoms with Gasteiger partial charge in [-0.1, -0.05) is 72.8 Å². The van der Waals surface area contributed by atoms with E-state index in [0.717, 1.165) is 16.0 Å². The standard InChI is InChI=1S/C32H29N5O4S2/c38-31(34-21-25-13-8-20-42-25)28-22-36(32(39)35-27-15-5-4-14-26(27)23-9-2-1-3-10-23)18-19-37(28)43(40,41)29-16-6-11-24-12-7-17-33-30(24)29/h1-17,20,28H,18-19,21-22H2,(H,34,38)(H,35,39). The van der Waals surface area contributed by atoms with E-state index in [0.29, 0.717) is 16.6 Å². The quantitative estimate of drug-likeness (QED) is 0.263. The number of amides is 3. The highest BCUT2D eigenvalue weighted by Gasteiger charge is 2.42. The van der Waals surface area contributed by atoms with Crippen molar-refractivity contribution >= 4 is 49.9 Å². The summed E-state index contributed by atoms with van der Waals surface area (Å²) in [6, 6.07) is 27.9. The van der Waals surface area contributed by atoms with E-state index in [9.17, 15) is 18.0 Å². The van der Waals surface area contributed by atoms with Crippen LogP contribution in [0.1, 0.15) is 4.88 Å². The van der Waals surface area contributed by atoms with Crippen LogP contribution in [0.3, 0.4) is 0 Å². The Labute approximate surface area is 253 Å². The summed E-state index contributed by atoms with van der Waals surface area (Å²) in [4.78, 5) is 34.0. The number of anilines is 1. The largest absolute Gasteiger partial charge is 0.350 e. The topological polar surface area (TPSA) is 112 Å². The van der Waals surface area contributed by atoms with Crippen molar-refractivity contribution in [3.8, 4) is 11.1 Å². The summed E-state index contributed by atoms with van der Waals surface area (Å²) in [5.41, 5.74) is 2.75. The minimum absolute atomic E-state index is 0.0244. The molecule has 0 saturated carbocycles. The molecule has 6 rings (SSSR count). The maximum Gasteiger partial charge on any atom is 0.321 e. The number of rotatable bonds is 7. The summed E-state index contributed by atoms with van der Waals surface area (Å²) in [5, 5.41) is 8.44. The first-order valence-corrected chi connectivity index (χ1v) is 16.1. The number of fused-ring (bicyclic) bond motifs is 1. The number of carbonyl (C=O) groups excluding carboxylic acids is 2. The summed E-state index contributed by atoms with van der Waals surface area (Å²) in [7, 11) is -4.15. The van der Waals surface area contributed by atoms with Crippen LogP contribution in [-0.2, 0) is 21.4 Å². The maximum absolute atomic E-state index is 14.1. The van der Waals surface area contributed by atoms with Gasteiger partial charge in [0.15, 0.2) is 0 Å². The molecule has 9 nitrogen and oxygen atoms in total. The van der Waals surface area contributed by atoms with E-state index >= 15 is 0 Å². The highest BCUT2D eigenvalue weighted by atomic mass is 32.2. The number of piperazine rings is 1. The molecule has 2 aromatic heterocycles. The molecule has 1 aliphatic rings. The van der Waals surface area contributed by atoms with Crippen molar-refractivity contribution in [2.45, 2.75) is 17.5 Å². The summed E-state index contributed by atoms with van der Waals surface area (Å²) < 4.78 is 29.4. The minimum Gasteiger partial charge on any atom is -0.350 e. The van der Waals surface area contributed by atoms with Gasteiger partial charge in [0.05, 0.1) is 17.7 Å². The van der Waals surface area contributed by atoms with Crippen LogP contribution in [-0.4, -0.2) is 60.2 Å². The highest BCUT2D eigenvalue weighted by Crippen LogP contribution is 2.30. The number of aromatic nitrogens is 1. The van der Waals surface area contributed by atoms with Crippen LogP contribution in [0.2, 0.25) is 0 Å². The fourth-order valence-corrected chi connectivity index (χ4v) is 7.61. The highest BCUT2D eigenvalue weighted by molar-refractivity contribution is 7.89. The number of hydrogen-bond donors (Lipinski definition) is 2. The van der Waals surface area contributed by atoms with E-state index in [1.165, 1.54) is 26.6 Å². The second-order valence-electron chi connectivity index (χ2n) is 10.0. The molecule has 1 aliphatic heterocycles. The molecule has 0 spiro atoms. The van der Waals surface area contributed by atoms with Gasteiger partial charge < -0.3 is 15.5 Å². The van der Waals surface area contributed by atoms with Gasteiger partial charge in [-0.25, -0.2) is 13.2 Å². The smallest absolute Gasteiger partial charge is 0.321 e. The predicted octanol–water partition coefficient (Wildman–Crippen LogP) is 5.19. The third-order valence-electron chi connectivity index (χ3n) is 7.37. The lowest BCUT2D eigenvalue weighted by Crippen LogP contribution is -2.61. The lowest BCUT2D eigenvalue weighted by Gasteiger charge is -2.39. The molecule has 3 aromatic carbocycles. The Hall–Kier alpha value is -4.58. The average molecular weight is 612 g/mol. The molecular formula is C32H29N5O4S2. The van der Waals surface area contributed by atoms with E-state index in [-0.39, 0.29) is 31.1 Å². The molecule has 1 atom stereocenters. The second kappa shape index (κ2) is 12.3. The molecule has 1 unspecified atom stereocenters. The fourth-order valence-electron chi connectivity index (χ4n) is 5.22. The van der Waals surface area contributed by atoms with Gasteiger partial charge in [-0.15, -0.1) is 11.3 Å². The van der Waals surface area contributed by atoms with Crippen molar-refractivity contribution in [2.24, 2.45) is 0 Å². The van der Waals surface area contributed by atoms with Gasteiger partial charge in [0.1, 0.15) is 10.9 Å². The van der Waals surface area contributed by atoms with Crippen molar-refractivity contribution in [2.75, 3.05) is 25.0 Å². The molecule has 11 heteroatoms. The average Bonchev–Trinajstić information content (AvgIpc) is 3.57. The number of nitrogens with one attached hydrogen (secondary N) is 2. The number of pyridine rings is 1. The Morgan fingerprint density at radius 3 is 2.49 bits per heavy atom. The molecule has 0 radical (unpaired) electrons. The number of urea groups is 1. The SMILES string of the molecule is O=C(NCc1cccs1)C1CN(C(=O)Nc2ccccc2-c2ccccc2)CCN1S(=O)(=O)c1cccc2cccnc12. The van der Waals surface area contributed by atoms with Crippen molar-refractivity contribution in [3.63, 3.8) is 0 Å². The monoisotopic (exact) mass is 611 g/mol. The van der Waals surface area contributed by atoms with Crippen molar-refractivity contribution < 1.29 is 18.0 Å². The van der Waals surface area contributed by atoms with E-state index in [1.54, 1.807) is 30.5 Å². The molecule has 5 aromatic rings. The minimum atomic E-state index is -4.15. The van der Waals surface area contributed by atoms with Crippen LogP contribution in [0, 0.1) is 0 Å². The van der Waals surface area contributed by atoms with Crippen molar-refractivity contribution in [3.05, 3.63) is 114 Å². The molecule has 3 heterocycles. The lowest BCUT2D eigenvalue weighted by atomic mass is 10.0. The van der Waals surface area contributed by atoms with Gasteiger partial charge in [0.25, 0.3) is 0 Å². The lowest BCUT2D eigenvalue weighted by molar-refractivity contribution is -0.126. The second-order valence-corrected chi connectivity index (χ2v) is 12.9. The first kappa shape index (κ1) is 28.5. The van der Waals surface area contributed by atoms with Crippen LogP contribution in [0.4, 0.5) is 10.5 Å². The molecule has 2 N–H and O–H groups in total. The number of para-hydroxylation sites is 2. The first-order valence-electron chi connectivity index (χ1n) is 13.8. The van der Waals surface area contributed by atoms with Gasteiger partial charge in [-0.3, -0.25) is 9.78 Å². The van der Waals surface area contributed by atoms with Gasteiger partial charge in [-0.05, 0) is 35.2 Å². The number of carbonyl (C=O) groups is 2. The van der Waals surface area contributed by atoms with E-state index in [2.05, 4.69) is 15.6 Å². The fraction of sp³-hybridized carbons (Fsp3) is 0.156. The van der Waals surface area contributed by atoms with Crippen LogP contribution < -0.4 is 10.6 Å². The molecule has 1 fully saturated rings. The Kier molecular flexibility index (Phi) is 8.19. The molecule has 43 heavy (non-hydrogen) atoms. The molecule has 0 bridgehead atoms. The Balaban J connectivity index is 1.28. The molecule has 218 valence electrons. The third-order valence-corrected chi connectivity index (χ3v) is 10.2. The van der Waals surface area contributed by atoms with Crippen molar-refractivity contribution in [1.82, 2.24) is 19.5 Å². The van der Waals surface area contributed by atoms with Gasteiger partial charge in [0.2, 0.25) is 15.9 Å². The zero-order valence-corrected chi connectivity index (χ0v) is 24.7. The van der Waals surface area contributed by atoms with Crippen LogP contribution >= 0.6 is 11.3 Å². The van der Waals surface area contributed by atoms with Crippen LogP contribution in [0.25, 0.3) is 22.0 Å². The number of benzene rings is 3. The Bertz CT molecular complexity index is 1860. The Morgan fingerprint density at radius 1 is 0.884 bits per heavy atom. The van der Waals surface area contributed by atoms with Gasteiger partial charge in [-0.2, -0.15) is 4.31 Å². The normalized spacial score (nSPS) is 15.7. The summed E-state index contributed by atoms with van der Waals surface area (Å²) in [6.45, 7) is 0.183. The molecular weight excluding hydrogens is 583 g/mol. The number of thiophene rings is 1. The summed E-state index contributed by atoms with van der Waals surface area (Å²) >= 11 is 1.49. The van der Waals surface area contributed by atoms with E-state index < -0.39 is 28.0 Å². The van der Waals surface area contributed by atoms with Gasteiger partial charge in [0, 0.05) is 41.7 Å². The predicted molar refractivity (Wildman–Crippen MR) is 168 cm³/mol. The third kappa shape index (κ3) is 6.00. The zero-order chi connectivity index (χ0) is 29.8. The van der Waals surface area contributed by atoms with Crippen LogP contribution in [0.15, 0.2) is 114 Å². The summed E-state index contributed by atoms with van der Waals surface area (Å²) in [6.07, 6.45) is 1.54. The van der Waals surface area contributed by atoms with Gasteiger partial charge >= 0.3 is 6.03 Å². The Morgan fingerprint density at radius 2 is 1.67 bits per heavy atom. The first-order chi connectivity index (χ1) is 20.9. The zero-order valence-electron chi connectivity index (χ0n) is 23.1. The maximum atomic E-state index is 14.1. The number of nitrogens with zero attached hydrogens (tertiary/aromatic N) is 3. The molecule has 0 aliphatic carbocycles. The number of hydrogen-bond acceptors (Lipinski definition) is 6. The van der Waals surface area contributed by atoms with Crippen molar-refractivity contribution in [1.29, 1.82) is 0 Å². The van der Waals surface area contributed by atoms with E-state index in [1.807, 2.05) is 72.1 Å². The molecule has 1 saturated heterocycles. The summed E-state index contributed by atoms with van der Waals surface area (Å²) in [5.74, 6) is -0.479. The molecule has 3 amide bonds.